The zero-order valence-corrected chi connectivity index (χ0v) is 17.5. The van der Waals surface area contributed by atoms with Crippen molar-refractivity contribution in [2.75, 3.05) is 11.9 Å². The maximum atomic E-state index is 13.6. The number of amides is 1. The highest BCUT2D eigenvalue weighted by molar-refractivity contribution is 5.97. The first kappa shape index (κ1) is 20.1. The lowest BCUT2D eigenvalue weighted by Crippen LogP contribution is -2.25. The first-order valence-electron chi connectivity index (χ1n) is 10.4. The fourth-order valence-electron chi connectivity index (χ4n) is 3.99. The molecule has 0 bridgehead atoms. The standard InChI is InChI=1S/C24H26FN3O2/c1-4-16(5-2)13-28-24(17-6-9-19(25)10-7-17)23(15(3)27-28)18-8-11-21-20(12-18)26-22(29)14-30-21/h6-12,16H,4-5,13-14H2,1-3H3,(H,26,29). The molecule has 0 saturated carbocycles. The van der Waals surface area contributed by atoms with Gasteiger partial charge in [0.25, 0.3) is 5.91 Å². The molecule has 0 unspecified atom stereocenters. The summed E-state index contributed by atoms with van der Waals surface area (Å²) in [6.45, 7) is 7.19. The van der Waals surface area contributed by atoms with Crippen molar-refractivity contribution in [2.45, 2.75) is 40.2 Å². The van der Waals surface area contributed by atoms with Crippen LogP contribution in [0.3, 0.4) is 0 Å². The average Bonchev–Trinajstić information content (AvgIpc) is 3.07. The summed E-state index contributed by atoms with van der Waals surface area (Å²) in [4.78, 5) is 11.8. The Morgan fingerprint density at radius 2 is 1.83 bits per heavy atom. The summed E-state index contributed by atoms with van der Waals surface area (Å²) in [7, 11) is 0. The van der Waals surface area contributed by atoms with Gasteiger partial charge in [0.2, 0.25) is 0 Å². The Morgan fingerprint density at radius 3 is 2.53 bits per heavy atom. The molecule has 0 aliphatic carbocycles. The van der Waals surface area contributed by atoms with Crippen molar-refractivity contribution in [2.24, 2.45) is 5.92 Å². The van der Waals surface area contributed by atoms with Crippen LogP contribution in [0.2, 0.25) is 0 Å². The summed E-state index contributed by atoms with van der Waals surface area (Å²) >= 11 is 0. The molecule has 4 rings (SSSR count). The van der Waals surface area contributed by atoms with Gasteiger partial charge in [0.1, 0.15) is 11.6 Å². The van der Waals surface area contributed by atoms with Crippen LogP contribution in [0, 0.1) is 18.7 Å². The lowest BCUT2D eigenvalue weighted by molar-refractivity contribution is -0.118. The Morgan fingerprint density at radius 1 is 1.13 bits per heavy atom. The number of halogens is 1. The number of hydrogen-bond donors (Lipinski definition) is 1. The van der Waals surface area contributed by atoms with Crippen molar-refractivity contribution in [3.05, 3.63) is 54.0 Å². The van der Waals surface area contributed by atoms with Crippen molar-refractivity contribution in [1.29, 1.82) is 0 Å². The van der Waals surface area contributed by atoms with Crippen molar-refractivity contribution in [3.63, 3.8) is 0 Å². The molecule has 0 saturated heterocycles. The molecule has 1 N–H and O–H groups in total. The van der Waals surface area contributed by atoms with Crippen molar-refractivity contribution >= 4 is 11.6 Å². The maximum absolute atomic E-state index is 13.6. The quantitative estimate of drug-likeness (QED) is 0.593. The van der Waals surface area contributed by atoms with E-state index in [9.17, 15) is 9.18 Å². The van der Waals surface area contributed by atoms with Gasteiger partial charge in [-0.05, 0) is 54.8 Å². The number of carbonyl (C=O) groups is 1. The number of carbonyl (C=O) groups excluding carboxylic acids is 1. The van der Waals surface area contributed by atoms with Crippen LogP contribution in [0.25, 0.3) is 22.4 Å². The van der Waals surface area contributed by atoms with Gasteiger partial charge < -0.3 is 10.1 Å². The Kier molecular flexibility index (Phi) is 5.57. The van der Waals surface area contributed by atoms with Crippen molar-refractivity contribution < 1.29 is 13.9 Å². The van der Waals surface area contributed by atoms with Crippen LogP contribution >= 0.6 is 0 Å². The summed E-state index contributed by atoms with van der Waals surface area (Å²) in [5, 5.41) is 7.73. The van der Waals surface area contributed by atoms with Crippen LogP contribution in [-0.4, -0.2) is 22.3 Å². The van der Waals surface area contributed by atoms with Crippen molar-refractivity contribution in [1.82, 2.24) is 9.78 Å². The number of rotatable bonds is 6. The van der Waals surface area contributed by atoms with Gasteiger partial charge in [-0.2, -0.15) is 5.10 Å². The highest BCUT2D eigenvalue weighted by Gasteiger charge is 2.23. The van der Waals surface area contributed by atoms with Gasteiger partial charge in [-0.25, -0.2) is 4.39 Å². The third-order valence-electron chi connectivity index (χ3n) is 5.73. The number of benzene rings is 2. The van der Waals surface area contributed by atoms with E-state index in [4.69, 9.17) is 9.84 Å². The van der Waals surface area contributed by atoms with Crippen LogP contribution in [0.5, 0.6) is 5.75 Å². The van der Waals surface area contributed by atoms with E-state index in [1.54, 1.807) is 12.1 Å². The van der Waals surface area contributed by atoms with Crippen LogP contribution in [0.1, 0.15) is 32.4 Å². The average molecular weight is 407 g/mol. The van der Waals surface area contributed by atoms with Crippen LogP contribution in [-0.2, 0) is 11.3 Å². The molecule has 2 heterocycles. The fraction of sp³-hybridized carbons (Fsp3) is 0.333. The second-order valence-electron chi connectivity index (χ2n) is 7.73. The zero-order valence-electron chi connectivity index (χ0n) is 17.5. The summed E-state index contributed by atoms with van der Waals surface area (Å²) < 4.78 is 21.1. The Bertz CT molecular complexity index is 1070. The normalized spacial score (nSPS) is 13.2. The molecule has 0 radical (unpaired) electrons. The molecule has 1 aromatic heterocycles. The Balaban J connectivity index is 1.87. The van der Waals surface area contributed by atoms with Crippen LogP contribution in [0.15, 0.2) is 42.5 Å². The Hall–Kier alpha value is -3.15. The van der Waals surface area contributed by atoms with Crippen LogP contribution in [0.4, 0.5) is 10.1 Å². The molecular weight excluding hydrogens is 381 g/mol. The lowest BCUT2D eigenvalue weighted by atomic mass is 9.97. The first-order chi connectivity index (χ1) is 14.5. The number of hydrogen-bond acceptors (Lipinski definition) is 3. The molecule has 3 aromatic rings. The number of aryl methyl sites for hydroxylation is 1. The first-order valence-corrected chi connectivity index (χ1v) is 10.4. The highest BCUT2D eigenvalue weighted by atomic mass is 19.1. The second kappa shape index (κ2) is 8.30. The summed E-state index contributed by atoms with van der Waals surface area (Å²) in [6, 6.07) is 12.3. The van der Waals surface area contributed by atoms with Gasteiger partial charge >= 0.3 is 0 Å². The van der Waals surface area contributed by atoms with E-state index in [0.717, 1.165) is 47.5 Å². The largest absolute Gasteiger partial charge is 0.482 e. The molecule has 5 nitrogen and oxygen atoms in total. The topological polar surface area (TPSA) is 56.2 Å². The van der Waals surface area contributed by atoms with E-state index in [0.29, 0.717) is 17.4 Å². The number of fused-ring (bicyclic) bond motifs is 1. The molecule has 6 heteroatoms. The summed E-state index contributed by atoms with van der Waals surface area (Å²) in [5.74, 6) is 0.729. The van der Waals surface area contributed by atoms with Crippen molar-refractivity contribution in [3.8, 4) is 28.1 Å². The minimum atomic E-state index is -0.267. The van der Waals surface area contributed by atoms with E-state index >= 15 is 0 Å². The van der Waals surface area contributed by atoms with Gasteiger partial charge in [-0.1, -0.05) is 32.8 Å². The molecule has 0 atom stereocenters. The Labute approximate surface area is 175 Å². The van der Waals surface area contributed by atoms with E-state index in [1.807, 2.05) is 29.8 Å². The van der Waals surface area contributed by atoms with E-state index in [1.165, 1.54) is 12.1 Å². The highest BCUT2D eigenvalue weighted by Crippen LogP contribution is 2.39. The number of ether oxygens (including phenoxy) is 1. The minimum Gasteiger partial charge on any atom is -0.482 e. The third kappa shape index (κ3) is 3.82. The summed E-state index contributed by atoms with van der Waals surface area (Å²) in [6.07, 6.45) is 2.13. The van der Waals surface area contributed by atoms with E-state index in [-0.39, 0.29) is 18.3 Å². The van der Waals surface area contributed by atoms with Gasteiger partial charge in [0, 0.05) is 17.7 Å². The van der Waals surface area contributed by atoms with Gasteiger partial charge in [0.05, 0.1) is 17.1 Å². The minimum absolute atomic E-state index is 0.0273. The monoisotopic (exact) mass is 407 g/mol. The fourth-order valence-corrected chi connectivity index (χ4v) is 3.99. The molecule has 1 aliphatic heterocycles. The van der Waals surface area contributed by atoms with Gasteiger partial charge in [-0.15, -0.1) is 0 Å². The molecule has 0 fully saturated rings. The predicted octanol–water partition coefficient (Wildman–Crippen LogP) is 5.43. The molecule has 2 aromatic carbocycles. The van der Waals surface area contributed by atoms with E-state index < -0.39 is 0 Å². The third-order valence-corrected chi connectivity index (χ3v) is 5.73. The predicted molar refractivity (Wildman–Crippen MR) is 116 cm³/mol. The smallest absolute Gasteiger partial charge is 0.262 e. The molecule has 156 valence electrons. The molecular formula is C24H26FN3O2. The molecule has 0 spiro atoms. The van der Waals surface area contributed by atoms with E-state index in [2.05, 4.69) is 19.2 Å². The summed E-state index contributed by atoms with van der Waals surface area (Å²) in [5.41, 5.74) is 5.34. The number of nitrogens with one attached hydrogen (secondary N) is 1. The molecule has 1 amide bonds. The number of anilines is 1. The van der Waals surface area contributed by atoms with Gasteiger partial charge in [0.15, 0.2) is 6.61 Å². The number of aromatic nitrogens is 2. The van der Waals surface area contributed by atoms with Crippen LogP contribution < -0.4 is 10.1 Å². The maximum Gasteiger partial charge on any atom is 0.262 e. The molecule has 30 heavy (non-hydrogen) atoms. The SMILES string of the molecule is CCC(CC)Cn1nc(C)c(-c2ccc3c(c2)NC(=O)CO3)c1-c1ccc(F)cc1. The van der Waals surface area contributed by atoms with Gasteiger partial charge in [-0.3, -0.25) is 9.48 Å². The molecule has 1 aliphatic rings. The zero-order chi connectivity index (χ0) is 21.3. The second-order valence-corrected chi connectivity index (χ2v) is 7.73. The lowest BCUT2D eigenvalue weighted by Gasteiger charge is -2.19. The number of nitrogens with zero attached hydrogens (tertiary/aromatic N) is 2.